The van der Waals surface area contributed by atoms with E-state index in [1.165, 1.54) is 12.5 Å². The molecule has 0 aliphatic heterocycles. The molecule has 2 N–H and O–H groups in total. The Morgan fingerprint density at radius 1 is 1.57 bits per heavy atom. The number of halogens is 1. The van der Waals surface area contributed by atoms with Crippen molar-refractivity contribution < 1.29 is 5.11 Å². The highest BCUT2D eigenvalue weighted by molar-refractivity contribution is 6.32. The fourth-order valence-electron chi connectivity index (χ4n) is 1.02. The summed E-state index contributed by atoms with van der Waals surface area (Å²) in [5, 5.41) is 12.6. The molecule has 5 heteroatoms. The number of nitrogens with one attached hydrogen (secondary N) is 1. The molecule has 1 atom stereocenters. The molecule has 0 radical (unpaired) electrons. The number of nitrogens with zero attached hydrogens (tertiary/aromatic N) is 2. The first kappa shape index (κ1) is 11.2. The summed E-state index contributed by atoms with van der Waals surface area (Å²) in [4.78, 5) is 7.76. The van der Waals surface area contributed by atoms with E-state index in [2.05, 4.69) is 15.3 Å². The second-order valence-corrected chi connectivity index (χ2v) is 3.80. The molecule has 0 saturated heterocycles. The lowest BCUT2D eigenvalue weighted by atomic mass is 10.1. The summed E-state index contributed by atoms with van der Waals surface area (Å²) in [6, 6.07) is -0.0394. The van der Waals surface area contributed by atoms with E-state index in [9.17, 15) is 0 Å². The first-order valence-electron chi connectivity index (χ1n) is 4.48. The van der Waals surface area contributed by atoms with Crippen LogP contribution in [0.25, 0.3) is 0 Å². The molecule has 0 bridgehead atoms. The van der Waals surface area contributed by atoms with Crippen molar-refractivity contribution in [3.05, 3.63) is 17.5 Å². The molecule has 1 rings (SSSR count). The molecule has 0 fully saturated rings. The molecule has 1 heterocycles. The third kappa shape index (κ3) is 2.82. The number of hydrogen-bond acceptors (Lipinski definition) is 4. The summed E-state index contributed by atoms with van der Waals surface area (Å²) in [6.45, 7) is 4.09. The summed E-state index contributed by atoms with van der Waals surface area (Å²) in [5.41, 5.74) is 0. The van der Waals surface area contributed by atoms with Gasteiger partial charge in [-0.2, -0.15) is 0 Å². The number of rotatable bonds is 4. The Morgan fingerprint density at radius 3 is 2.79 bits per heavy atom. The second-order valence-electron chi connectivity index (χ2n) is 3.40. The van der Waals surface area contributed by atoms with Crippen molar-refractivity contribution >= 4 is 17.4 Å². The van der Waals surface area contributed by atoms with Gasteiger partial charge in [0.15, 0.2) is 0 Å². The first-order valence-corrected chi connectivity index (χ1v) is 4.86. The maximum absolute atomic E-state index is 9.10. The quantitative estimate of drug-likeness (QED) is 0.801. The molecule has 0 aromatic carbocycles. The van der Waals surface area contributed by atoms with Crippen molar-refractivity contribution in [1.82, 2.24) is 9.97 Å². The zero-order valence-electron chi connectivity index (χ0n) is 8.24. The predicted octanol–water partition coefficient (Wildman–Crippen LogP) is 1.56. The molecular formula is C9H14ClN3O. The van der Waals surface area contributed by atoms with Crippen LogP contribution in [-0.2, 0) is 0 Å². The summed E-state index contributed by atoms with van der Waals surface area (Å²) < 4.78 is 0. The molecule has 1 aromatic heterocycles. The molecule has 0 saturated carbocycles. The minimum absolute atomic E-state index is 0.0394. The lowest BCUT2D eigenvalue weighted by Crippen LogP contribution is -2.29. The van der Waals surface area contributed by atoms with E-state index >= 15 is 0 Å². The minimum atomic E-state index is -0.0394. The van der Waals surface area contributed by atoms with Crippen molar-refractivity contribution in [2.75, 3.05) is 11.9 Å². The smallest absolute Gasteiger partial charge is 0.148 e. The van der Waals surface area contributed by atoms with Crippen molar-refractivity contribution in [2.24, 2.45) is 5.92 Å². The van der Waals surface area contributed by atoms with Gasteiger partial charge in [-0.25, -0.2) is 9.97 Å². The third-order valence-corrected chi connectivity index (χ3v) is 2.27. The Bertz CT molecular complexity index is 293. The number of anilines is 1. The van der Waals surface area contributed by atoms with Crippen molar-refractivity contribution in [1.29, 1.82) is 0 Å². The average Bonchev–Trinajstić information content (AvgIpc) is 2.16. The van der Waals surface area contributed by atoms with Crippen LogP contribution in [0.3, 0.4) is 0 Å². The largest absolute Gasteiger partial charge is 0.394 e. The maximum atomic E-state index is 9.10. The molecule has 0 amide bonds. The van der Waals surface area contributed by atoms with Crippen LogP contribution < -0.4 is 5.32 Å². The van der Waals surface area contributed by atoms with Crippen molar-refractivity contribution in [3.8, 4) is 0 Å². The van der Waals surface area contributed by atoms with Crippen LogP contribution >= 0.6 is 11.6 Å². The molecule has 0 aliphatic rings. The Labute approximate surface area is 88.3 Å². The Kier molecular flexibility index (Phi) is 4.10. The molecule has 0 spiro atoms. The van der Waals surface area contributed by atoms with E-state index in [1.54, 1.807) is 0 Å². The molecule has 78 valence electrons. The van der Waals surface area contributed by atoms with Crippen molar-refractivity contribution in [2.45, 2.75) is 19.9 Å². The zero-order valence-corrected chi connectivity index (χ0v) is 8.99. The monoisotopic (exact) mass is 215 g/mol. The van der Waals surface area contributed by atoms with E-state index in [0.717, 1.165) is 0 Å². The Balaban J connectivity index is 2.72. The molecule has 0 aliphatic carbocycles. The van der Waals surface area contributed by atoms with Gasteiger partial charge in [0, 0.05) is 0 Å². The highest BCUT2D eigenvalue weighted by Crippen LogP contribution is 2.18. The normalized spacial score (nSPS) is 12.9. The molecule has 4 nitrogen and oxygen atoms in total. The predicted molar refractivity (Wildman–Crippen MR) is 56.4 cm³/mol. The van der Waals surface area contributed by atoms with Crippen LogP contribution in [0, 0.1) is 5.92 Å². The minimum Gasteiger partial charge on any atom is -0.394 e. The van der Waals surface area contributed by atoms with Gasteiger partial charge >= 0.3 is 0 Å². The standard InChI is InChI=1S/C9H14ClN3O/c1-6(2)8(4-14)13-9-7(10)3-11-5-12-9/h3,5-6,8,14H,4H2,1-2H3,(H,11,12,13)/t8-/m1/s1. The number of aliphatic hydroxyl groups is 1. The first-order chi connectivity index (χ1) is 6.65. The maximum Gasteiger partial charge on any atom is 0.148 e. The van der Waals surface area contributed by atoms with E-state index < -0.39 is 0 Å². The van der Waals surface area contributed by atoms with E-state index in [-0.39, 0.29) is 12.6 Å². The van der Waals surface area contributed by atoms with Gasteiger partial charge in [0.25, 0.3) is 0 Å². The Morgan fingerprint density at radius 2 is 2.29 bits per heavy atom. The number of aromatic nitrogens is 2. The number of aliphatic hydroxyl groups excluding tert-OH is 1. The van der Waals surface area contributed by atoms with Crippen LogP contribution in [0.1, 0.15) is 13.8 Å². The summed E-state index contributed by atoms with van der Waals surface area (Å²) in [7, 11) is 0. The Hall–Kier alpha value is -0.870. The van der Waals surface area contributed by atoms with E-state index in [0.29, 0.717) is 16.8 Å². The van der Waals surface area contributed by atoms with Gasteiger partial charge in [0.05, 0.1) is 18.8 Å². The lowest BCUT2D eigenvalue weighted by molar-refractivity contribution is 0.249. The highest BCUT2D eigenvalue weighted by atomic mass is 35.5. The van der Waals surface area contributed by atoms with Gasteiger partial charge < -0.3 is 10.4 Å². The van der Waals surface area contributed by atoms with Gasteiger partial charge in [0.2, 0.25) is 0 Å². The molecule has 0 unspecified atom stereocenters. The number of hydrogen-bond donors (Lipinski definition) is 2. The fourth-order valence-corrected chi connectivity index (χ4v) is 1.18. The highest BCUT2D eigenvalue weighted by Gasteiger charge is 2.13. The molecule has 1 aromatic rings. The van der Waals surface area contributed by atoms with Crippen LogP contribution in [-0.4, -0.2) is 27.7 Å². The van der Waals surface area contributed by atoms with Gasteiger partial charge in [-0.1, -0.05) is 25.4 Å². The third-order valence-electron chi connectivity index (χ3n) is 1.99. The van der Waals surface area contributed by atoms with Crippen LogP contribution in [0.4, 0.5) is 5.82 Å². The lowest BCUT2D eigenvalue weighted by Gasteiger charge is -2.20. The van der Waals surface area contributed by atoms with Crippen molar-refractivity contribution in [3.63, 3.8) is 0 Å². The van der Waals surface area contributed by atoms with Gasteiger partial charge in [-0.05, 0) is 5.92 Å². The summed E-state index contributed by atoms with van der Waals surface area (Å²) >= 11 is 5.86. The summed E-state index contributed by atoms with van der Waals surface area (Å²) in [6.07, 6.45) is 2.94. The van der Waals surface area contributed by atoms with E-state index in [1.807, 2.05) is 13.8 Å². The van der Waals surface area contributed by atoms with E-state index in [4.69, 9.17) is 16.7 Å². The second kappa shape index (κ2) is 5.12. The van der Waals surface area contributed by atoms with Gasteiger partial charge in [-0.3, -0.25) is 0 Å². The topological polar surface area (TPSA) is 58.0 Å². The zero-order chi connectivity index (χ0) is 10.6. The van der Waals surface area contributed by atoms with Gasteiger partial charge in [-0.15, -0.1) is 0 Å². The summed E-state index contributed by atoms with van der Waals surface area (Å²) in [5.74, 6) is 0.875. The molecular weight excluding hydrogens is 202 g/mol. The fraction of sp³-hybridized carbons (Fsp3) is 0.556. The average molecular weight is 216 g/mol. The van der Waals surface area contributed by atoms with Crippen LogP contribution in [0.5, 0.6) is 0 Å². The van der Waals surface area contributed by atoms with Crippen LogP contribution in [0.2, 0.25) is 5.02 Å². The van der Waals surface area contributed by atoms with Crippen LogP contribution in [0.15, 0.2) is 12.5 Å². The molecule has 14 heavy (non-hydrogen) atoms. The SMILES string of the molecule is CC(C)[C@@H](CO)Nc1ncncc1Cl. The van der Waals surface area contributed by atoms with Gasteiger partial charge in [0.1, 0.15) is 17.2 Å².